The van der Waals surface area contributed by atoms with Gasteiger partial charge in [-0.15, -0.1) is 0 Å². The Bertz CT molecular complexity index is 465. The number of carbonyl (C=O) groups excluding carboxylic acids is 2. The van der Waals surface area contributed by atoms with E-state index in [1.165, 1.54) is 12.7 Å². The predicted octanol–water partition coefficient (Wildman–Crippen LogP) is 2.48. The van der Waals surface area contributed by atoms with E-state index in [0.717, 1.165) is 18.4 Å². The Morgan fingerprint density at radius 3 is 2.78 bits per heavy atom. The molecule has 0 heterocycles. The summed E-state index contributed by atoms with van der Waals surface area (Å²) in [4.78, 5) is 24.0. The summed E-state index contributed by atoms with van der Waals surface area (Å²) in [7, 11) is 1.33. The molecule has 2 atom stereocenters. The topological polar surface area (TPSA) is 43.4 Å². The minimum Gasteiger partial charge on any atom is -0.468 e. The van der Waals surface area contributed by atoms with E-state index in [1.54, 1.807) is 0 Å². The number of carbonyl (C=O) groups is 2. The highest BCUT2D eigenvalue weighted by Gasteiger charge is 2.35. The minimum atomic E-state index is -0.619. The summed E-state index contributed by atoms with van der Waals surface area (Å²) in [6.45, 7) is 1.85. The van der Waals surface area contributed by atoms with Crippen LogP contribution in [-0.2, 0) is 20.7 Å². The van der Waals surface area contributed by atoms with Gasteiger partial charge in [-0.1, -0.05) is 31.2 Å². The standard InChI is InChI=1S/C15H18O3/c1-3-11(15(17)18-2)14(16)13-9-8-10-6-4-5-7-12(10)13/h4-7,11,13H,3,8-9H2,1-2H3. The highest BCUT2D eigenvalue weighted by molar-refractivity contribution is 6.02. The minimum absolute atomic E-state index is 0.00861. The van der Waals surface area contributed by atoms with E-state index in [9.17, 15) is 9.59 Å². The van der Waals surface area contributed by atoms with Crippen molar-refractivity contribution in [3.63, 3.8) is 0 Å². The number of aryl methyl sites for hydroxylation is 1. The molecule has 2 rings (SSSR count). The molecule has 0 radical (unpaired) electrons. The monoisotopic (exact) mass is 246 g/mol. The summed E-state index contributed by atoms with van der Waals surface area (Å²) >= 11 is 0. The van der Waals surface area contributed by atoms with E-state index >= 15 is 0 Å². The molecule has 3 nitrogen and oxygen atoms in total. The number of Topliss-reactive ketones (excluding diaryl/α,β-unsaturated/α-hetero) is 1. The van der Waals surface area contributed by atoms with Gasteiger partial charge in [0.25, 0.3) is 0 Å². The maximum Gasteiger partial charge on any atom is 0.316 e. The molecule has 0 aromatic heterocycles. The molecule has 0 amide bonds. The molecule has 1 aromatic carbocycles. The van der Waals surface area contributed by atoms with Crippen molar-refractivity contribution in [3.05, 3.63) is 35.4 Å². The van der Waals surface area contributed by atoms with E-state index in [2.05, 4.69) is 6.07 Å². The number of hydrogen-bond donors (Lipinski definition) is 0. The van der Waals surface area contributed by atoms with Crippen LogP contribution in [0.1, 0.15) is 36.8 Å². The molecule has 96 valence electrons. The fourth-order valence-electron chi connectivity index (χ4n) is 2.72. The third-order valence-electron chi connectivity index (χ3n) is 3.71. The second-order valence-corrected chi connectivity index (χ2v) is 4.68. The summed E-state index contributed by atoms with van der Waals surface area (Å²) < 4.78 is 4.71. The fraction of sp³-hybridized carbons (Fsp3) is 0.467. The predicted molar refractivity (Wildman–Crippen MR) is 68.3 cm³/mol. The lowest BCUT2D eigenvalue weighted by molar-refractivity contribution is -0.149. The smallest absolute Gasteiger partial charge is 0.316 e. The zero-order chi connectivity index (χ0) is 13.1. The van der Waals surface area contributed by atoms with Gasteiger partial charge in [-0.05, 0) is 30.4 Å². The molecule has 1 aliphatic rings. The molecule has 3 heteroatoms. The van der Waals surface area contributed by atoms with E-state index < -0.39 is 11.9 Å². The van der Waals surface area contributed by atoms with E-state index in [0.29, 0.717) is 6.42 Å². The first-order chi connectivity index (χ1) is 8.69. The Labute approximate surface area is 107 Å². The first-order valence-corrected chi connectivity index (χ1v) is 6.38. The fourth-order valence-corrected chi connectivity index (χ4v) is 2.72. The molecular weight excluding hydrogens is 228 g/mol. The van der Waals surface area contributed by atoms with Gasteiger partial charge in [-0.2, -0.15) is 0 Å². The summed E-state index contributed by atoms with van der Waals surface area (Å²) in [6, 6.07) is 7.99. The van der Waals surface area contributed by atoms with E-state index in [-0.39, 0.29) is 11.7 Å². The van der Waals surface area contributed by atoms with Crippen molar-refractivity contribution in [1.29, 1.82) is 0 Å². The zero-order valence-corrected chi connectivity index (χ0v) is 10.8. The molecule has 18 heavy (non-hydrogen) atoms. The van der Waals surface area contributed by atoms with Gasteiger partial charge in [0.1, 0.15) is 5.92 Å². The molecule has 0 spiro atoms. The Balaban J connectivity index is 2.23. The molecule has 0 saturated heterocycles. The molecule has 1 aliphatic carbocycles. The van der Waals surface area contributed by atoms with Crippen LogP contribution < -0.4 is 0 Å². The largest absolute Gasteiger partial charge is 0.468 e. The van der Waals surface area contributed by atoms with Gasteiger partial charge < -0.3 is 4.74 Å². The highest BCUT2D eigenvalue weighted by Crippen LogP contribution is 2.35. The van der Waals surface area contributed by atoms with Crippen LogP contribution in [0.3, 0.4) is 0 Å². The van der Waals surface area contributed by atoms with Gasteiger partial charge in [0, 0.05) is 5.92 Å². The lowest BCUT2D eigenvalue weighted by Crippen LogP contribution is -2.28. The lowest BCUT2D eigenvalue weighted by atomic mass is 9.87. The van der Waals surface area contributed by atoms with Crippen LogP contribution in [-0.4, -0.2) is 18.9 Å². The van der Waals surface area contributed by atoms with Crippen molar-refractivity contribution in [1.82, 2.24) is 0 Å². The maximum atomic E-state index is 12.4. The molecule has 0 aliphatic heterocycles. The van der Waals surface area contributed by atoms with Gasteiger partial charge in [-0.25, -0.2) is 0 Å². The van der Waals surface area contributed by atoms with Crippen LogP contribution in [0.5, 0.6) is 0 Å². The van der Waals surface area contributed by atoms with Crippen molar-refractivity contribution in [2.45, 2.75) is 32.1 Å². The molecule has 0 saturated carbocycles. The van der Waals surface area contributed by atoms with Gasteiger partial charge in [0.15, 0.2) is 5.78 Å². The number of ether oxygens (including phenoxy) is 1. The van der Waals surface area contributed by atoms with Crippen LogP contribution in [0.25, 0.3) is 0 Å². The first kappa shape index (κ1) is 12.8. The van der Waals surface area contributed by atoms with Crippen LogP contribution in [0, 0.1) is 5.92 Å². The Hall–Kier alpha value is -1.64. The average molecular weight is 246 g/mol. The van der Waals surface area contributed by atoms with Crippen LogP contribution in [0.15, 0.2) is 24.3 Å². The second-order valence-electron chi connectivity index (χ2n) is 4.68. The Kier molecular flexibility index (Phi) is 3.80. The lowest BCUT2D eigenvalue weighted by Gasteiger charge is -2.16. The van der Waals surface area contributed by atoms with Gasteiger partial charge in [-0.3, -0.25) is 9.59 Å². The van der Waals surface area contributed by atoms with Crippen molar-refractivity contribution in [3.8, 4) is 0 Å². The van der Waals surface area contributed by atoms with E-state index in [1.807, 2.05) is 25.1 Å². The van der Waals surface area contributed by atoms with Crippen molar-refractivity contribution >= 4 is 11.8 Å². The van der Waals surface area contributed by atoms with Crippen molar-refractivity contribution in [2.24, 2.45) is 5.92 Å². The third kappa shape index (κ3) is 2.17. The van der Waals surface area contributed by atoms with Crippen molar-refractivity contribution < 1.29 is 14.3 Å². The third-order valence-corrected chi connectivity index (χ3v) is 3.71. The highest BCUT2D eigenvalue weighted by atomic mass is 16.5. The van der Waals surface area contributed by atoms with Gasteiger partial charge >= 0.3 is 5.97 Å². The maximum absolute atomic E-state index is 12.4. The number of rotatable bonds is 4. The molecule has 2 unspecified atom stereocenters. The zero-order valence-electron chi connectivity index (χ0n) is 10.8. The van der Waals surface area contributed by atoms with Gasteiger partial charge in [0.2, 0.25) is 0 Å². The number of benzene rings is 1. The molecule has 0 N–H and O–H groups in total. The van der Waals surface area contributed by atoms with Crippen LogP contribution in [0.2, 0.25) is 0 Å². The van der Waals surface area contributed by atoms with Gasteiger partial charge in [0.05, 0.1) is 7.11 Å². The van der Waals surface area contributed by atoms with E-state index in [4.69, 9.17) is 4.74 Å². The van der Waals surface area contributed by atoms with Crippen LogP contribution in [0.4, 0.5) is 0 Å². The second kappa shape index (κ2) is 5.34. The summed E-state index contributed by atoms with van der Waals surface area (Å²) in [5.41, 5.74) is 2.32. The SMILES string of the molecule is CCC(C(=O)OC)C(=O)C1CCc2ccccc21. The quantitative estimate of drug-likeness (QED) is 0.605. The number of methoxy groups -OCH3 is 1. The normalized spacial score (nSPS) is 19.1. The summed E-state index contributed by atoms with van der Waals surface area (Å²) in [6.07, 6.45) is 2.24. The Morgan fingerprint density at radius 1 is 1.39 bits per heavy atom. The molecule has 0 fully saturated rings. The first-order valence-electron chi connectivity index (χ1n) is 6.38. The number of hydrogen-bond acceptors (Lipinski definition) is 3. The molecule has 0 bridgehead atoms. The van der Waals surface area contributed by atoms with Crippen LogP contribution >= 0.6 is 0 Å². The number of esters is 1. The average Bonchev–Trinajstić information content (AvgIpc) is 2.82. The number of fused-ring (bicyclic) bond motifs is 1. The Morgan fingerprint density at radius 2 is 2.11 bits per heavy atom. The molecular formula is C15H18O3. The summed E-state index contributed by atoms with van der Waals surface area (Å²) in [5.74, 6) is -1.16. The number of ketones is 1. The molecule has 1 aromatic rings. The van der Waals surface area contributed by atoms with Crippen molar-refractivity contribution in [2.75, 3.05) is 7.11 Å². The summed E-state index contributed by atoms with van der Waals surface area (Å²) in [5, 5.41) is 0.